The second-order valence-corrected chi connectivity index (χ2v) is 6.24. The Morgan fingerprint density at radius 2 is 2.10 bits per heavy atom. The number of piperidine rings is 1. The van der Waals surface area contributed by atoms with Gasteiger partial charge in [0, 0.05) is 17.6 Å². The van der Waals surface area contributed by atoms with Gasteiger partial charge >= 0.3 is 0 Å². The minimum Gasteiger partial charge on any atom is -0.348 e. The van der Waals surface area contributed by atoms with Gasteiger partial charge in [-0.05, 0) is 38.3 Å². The molecule has 1 aliphatic carbocycles. The molecule has 1 saturated carbocycles. The quantitative estimate of drug-likeness (QED) is 0.757. The third kappa shape index (κ3) is 3.32. The van der Waals surface area contributed by atoms with E-state index in [-0.39, 0.29) is 28.7 Å². The zero-order chi connectivity index (χ0) is 14.7. The predicted octanol–water partition coefficient (Wildman–Crippen LogP) is 0.955. The van der Waals surface area contributed by atoms with Crippen LogP contribution in [-0.2, 0) is 0 Å². The second kappa shape index (κ2) is 5.97. The van der Waals surface area contributed by atoms with E-state index in [1.54, 1.807) is 0 Å². The normalized spacial score (nSPS) is 24.7. The van der Waals surface area contributed by atoms with Gasteiger partial charge in [0.25, 0.3) is 11.5 Å². The number of rotatable bonds is 2. The summed E-state index contributed by atoms with van der Waals surface area (Å²) in [4.78, 5) is 23.2. The van der Waals surface area contributed by atoms with Gasteiger partial charge in [0.2, 0.25) is 0 Å². The topological polar surface area (TPSA) is 86.9 Å². The Balaban J connectivity index is 1.63. The highest BCUT2D eigenvalue weighted by Crippen LogP contribution is 2.34. The van der Waals surface area contributed by atoms with Gasteiger partial charge in [-0.3, -0.25) is 9.59 Å². The summed E-state index contributed by atoms with van der Waals surface area (Å²) < 4.78 is 0. The Kier molecular flexibility index (Phi) is 4.05. The number of aromatic amines is 1. The van der Waals surface area contributed by atoms with Gasteiger partial charge in [-0.1, -0.05) is 19.3 Å². The fourth-order valence-corrected chi connectivity index (χ4v) is 3.62. The zero-order valence-electron chi connectivity index (χ0n) is 12.2. The van der Waals surface area contributed by atoms with Crippen molar-refractivity contribution in [2.24, 2.45) is 0 Å². The fraction of sp³-hybridized carbons (Fsp3) is 0.667. The molecule has 0 radical (unpaired) electrons. The molecule has 3 rings (SSSR count). The van der Waals surface area contributed by atoms with Gasteiger partial charge in [0.15, 0.2) is 0 Å². The Morgan fingerprint density at radius 1 is 1.29 bits per heavy atom. The van der Waals surface area contributed by atoms with Crippen LogP contribution in [0.1, 0.15) is 55.4 Å². The van der Waals surface area contributed by atoms with Crippen LogP contribution in [-0.4, -0.2) is 34.2 Å². The van der Waals surface area contributed by atoms with Crippen LogP contribution in [0, 0.1) is 0 Å². The Bertz CT molecular complexity index is 537. The minimum absolute atomic E-state index is 0.186. The van der Waals surface area contributed by atoms with Gasteiger partial charge in [-0.15, -0.1) is 0 Å². The minimum atomic E-state index is -0.297. The van der Waals surface area contributed by atoms with E-state index in [2.05, 4.69) is 20.8 Å². The first kappa shape index (κ1) is 14.3. The lowest BCUT2D eigenvalue weighted by molar-refractivity contribution is 0.0886. The van der Waals surface area contributed by atoms with E-state index >= 15 is 0 Å². The molecule has 1 aromatic heterocycles. The lowest BCUT2D eigenvalue weighted by Gasteiger charge is -2.44. The van der Waals surface area contributed by atoms with Crippen molar-refractivity contribution in [2.45, 2.75) is 56.5 Å². The van der Waals surface area contributed by atoms with Crippen LogP contribution in [0.5, 0.6) is 0 Å². The van der Waals surface area contributed by atoms with Gasteiger partial charge in [-0.2, -0.15) is 5.10 Å². The van der Waals surface area contributed by atoms with Crippen molar-refractivity contribution in [3.8, 4) is 0 Å². The van der Waals surface area contributed by atoms with E-state index < -0.39 is 0 Å². The van der Waals surface area contributed by atoms with Crippen LogP contribution in [0.3, 0.4) is 0 Å². The highest BCUT2D eigenvalue weighted by Gasteiger charge is 2.37. The van der Waals surface area contributed by atoms with Gasteiger partial charge in [0.1, 0.15) is 5.69 Å². The number of nitrogens with zero attached hydrogens (tertiary/aromatic N) is 1. The number of aromatic nitrogens is 2. The zero-order valence-corrected chi connectivity index (χ0v) is 12.2. The number of carbonyl (C=O) groups excluding carboxylic acids is 1. The summed E-state index contributed by atoms with van der Waals surface area (Å²) in [5.41, 5.74) is 0.188. The van der Waals surface area contributed by atoms with Crippen LogP contribution < -0.4 is 16.2 Å². The molecule has 3 N–H and O–H groups in total. The van der Waals surface area contributed by atoms with Crippen LogP contribution in [0.15, 0.2) is 16.9 Å². The van der Waals surface area contributed by atoms with Crippen LogP contribution in [0.4, 0.5) is 0 Å². The van der Waals surface area contributed by atoms with Gasteiger partial charge in [0.05, 0.1) is 0 Å². The van der Waals surface area contributed by atoms with Gasteiger partial charge < -0.3 is 10.6 Å². The number of nitrogens with one attached hydrogen (secondary N) is 3. The predicted molar refractivity (Wildman–Crippen MR) is 79.2 cm³/mol. The molecule has 1 saturated heterocycles. The summed E-state index contributed by atoms with van der Waals surface area (Å²) in [6, 6.07) is 2.98. The van der Waals surface area contributed by atoms with E-state index in [4.69, 9.17) is 0 Å². The van der Waals surface area contributed by atoms with Crippen molar-refractivity contribution >= 4 is 5.91 Å². The SMILES string of the molecule is O=C(NC1CCNC2(CCCCC2)C1)c1ccc(=O)[nH]n1. The maximum absolute atomic E-state index is 12.2. The number of carbonyl (C=O) groups is 1. The Hall–Kier alpha value is -1.69. The van der Waals surface area contributed by atoms with Crippen LogP contribution in [0.25, 0.3) is 0 Å². The first-order chi connectivity index (χ1) is 10.2. The smallest absolute Gasteiger partial charge is 0.271 e. The molecule has 1 spiro atoms. The summed E-state index contributed by atoms with van der Waals surface area (Å²) in [6.45, 7) is 0.948. The molecule has 1 atom stereocenters. The molecule has 2 fully saturated rings. The molecular formula is C15H22N4O2. The second-order valence-electron chi connectivity index (χ2n) is 6.24. The van der Waals surface area contributed by atoms with E-state index in [1.807, 2.05) is 0 Å². The highest BCUT2D eigenvalue weighted by molar-refractivity contribution is 5.92. The molecule has 6 heteroatoms. The maximum Gasteiger partial charge on any atom is 0.271 e. The average Bonchev–Trinajstić information content (AvgIpc) is 2.49. The summed E-state index contributed by atoms with van der Waals surface area (Å²) in [5, 5.41) is 12.8. The van der Waals surface area contributed by atoms with Crippen LogP contribution in [0.2, 0.25) is 0 Å². The first-order valence-corrected chi connectivity index (χ1v) is 7.79. The maximum atomic E-state index is 12.2. The van der Waals surface area contributed by atoms with E-state index in [0.29, 0.717) is 0 Å². The van der Waals surface area contributed by atoms with Crippen molar-refractivity contribution in [2.75, 3.05) is 6.54 Å². The summed E-state index contributed by atoms with van der Waals surface area (Å²) in [7, 11) is 0. The first-order valence-electron chi connectivity index (χ1n) is 7.79. The third-order valence-corrected chi connectivity index (χ3v) is 4.69. The summed E-state index contributed by atoms with van der Waals surface area (Å²) in [5.74, 6) is -0.205. The van der Waals surface area contributed by atoms with Crippen molar-refractivity contribution < 1.29 is 4.79 Å². The lowest BCUT2D eigenvalue weighted by Crippen LogP contribution is -2.57. The van der Waals surface area contributed by atoms with Crippen LogP contribution >= 0.6 is 0 Å². The molecule has 1 amide bonds. The number of H-pyrrole nitrogens is 1. The molecular weight excluding hydrogens is 268 g/mol. The van der Waals surface area contributed by atoms with Crippen molar-refractivity contribution in [3.05, 3.63) is 28.2 Å². The molecule has 0 bridgehead atoms. The van der Waals surface area contributed by atoms with Crippen molar-refractivity contribution in [3.63, 3.8) is 0 Å². The van der Waals surface area contributed by atoms with E-state index in [9.17, 15) is 9.59 Å². The lowest BCUT2D eigenvalue weighted by atomic mass is 9.75. The molecule has 2 heterocycles. The Labute approximate surface area is 123 Å². The molecule has 1 aromatic rings. The summed E-state index contributed by atoms with van der Waals surface area (Å²) in [6.07, 6.45) is 8.21. The van der Waals surface area contributed by atoms with E-state index in [1.165, 1.54) is 44.2 Å². The number of hydrogen-bond donors (Lipinski definition) is 3. The molecule has 1 aliphatic heterocycles. The molecule has 1 unspecified atom stereocenters. The average molecular weight is 290 g/mol. The number of hydrogen-bond acceptors (Lipinski definition) is 4. The standard InChI is InChI=1S/C15H22N4O2/c20-13-5-4-12(18-19-13)14(21)17-11-6-9-16-15(10-11)7-2-1-3-8-15/h4-5,11,16H,1-3,6-10H2,(H,17,21)(H,19,20). The van der Waals surface area contributed by atoms with E-state index in [0.717, 1.165) is 19.4 Å². The monoisotopic (exact) mass is 290 g/mol. The molecule has 21 heavy (non-hydrogen) atoms. The highest BCUT2D eigenvalue weighted by atomic mass is 16.2. The van der Waals surface area contributed by atoms with Gasteiger partial charge in [-0.25, -0.2) is 5.10 Å². The number of amides is 1. The fourth-order valence-electron chi connectivity index (χ4n) is 3.62. The van der Waals surface area contributed by atoms with Crippen molar-refractivity contribution in [1.29, 1.82) is 0 Å². The molecule has 114 valence electrons. The molecule has 2 aliphatic rings. The molecule has 6 nitrogen and oxygen atoms in total. The largest absolute Gasteiger partial charge is 0.348 e. The Morgan fingerprint density at radius 3 is 2.81 bits per heavy atom. The summed E-state index contributed by atoms with van der Waals surface area (Å²) >= 11 is 0. The molecule has 0 aromatic carbocycles. The van der Waals surface area contributed by atoms with Crippen molar-refractivity contribution in [1.82, 2.24) is 20.8 Å². The third-order valence-electron chi connectivity index (χ3n) is 4.69.